The topological polar surface area (TPSA) is 51.8 Å². The lowest BCUT2D eigenvalue weighted by atomic mass is 9.88. The van der Waals surface area contributed by atoms with E-state index in [1.54, 1.807) is 21.3 Å². The summed E-state index contributed by atoms with van der Waals surface area (Å²) in [5.74, 6) is 2.28. The molecule has 0 radical (unpaired) electrons. The summed E-state index contributed by atoms with van der Waals surface area (Å²) in [6, 6.07) is 13.8. The molecule has 0 atom stereocenters. The summed E-state index contributed by atoms with van der Waals surface area (Å²) in [6.07, 6.45) is 4.36. The molecule has 0 aliphatic heterocycles. The minimum absolute atomic E-state index is 0.198. The van der Waals surface area contributed by atoms with E-state index < -0.39 is 0 Å². The van der Waals surface area contributed by atoms with Crippen LogP contribution in [0.5, 0.6) is 17.2 Å². The Labute approximate surface area is 166 Å². The number of methoxy groups -OCH3 is 3. The van der Waals surface area contributed by atoms with Crippen LogP contribution < -0.4 is 24.8 Å². The second kappa shape index (κ2) is 8.48. The first-order chi connectivity index (χ1) is 13.1. The lowest BCUT2D eigenvalue weighted by molar-refractivity contribution is 0.350. The first kappa shape index (κ1) is 19.3. The van der Waals surface area contributed by atoms with Gasteiger partial charge in [0.15, 0.2) is 16.6 Å². The van der Waals surface area contributed by atoms with E-state index in [1.165, 1.54) is 0 Å². The van der Waals surface area contributed by atoms with Crippen LogP contribution in [0.25, 0.3) is 0 Å². The molecule has 0 heterocycles. The van der Waals surface area contributed by atoms with Gasteiger partial charge in [-0.25, -0.2) is 0 Å². The number of hydrogen-bond acceptors (Lipinski definition) is 4. The second-order valence-electron chi connectivity index (χ2n) is 6.67. The summed E-state index contributed by atoms with van der Waals surface area (Å²) in [7, 11) is 4.96. The Hall–Kier alpha value is -2.47. The molecule has 1 fully saturated rings. The van der Waals surface area contributed by atoms with E-state index in [2.05, 4.69) is 16.7 Å². The lowest BCUT2D eigenvalue weighted by Gasteiger charge is -2.33. The number of benzene rings is 2. The number of hydrogen-bond donors (Lipinski definition) is 2. The Morgan fingerprint density at radius 3 is 2.15 bits per heavy atom. The van der Waals surface area contributed by atoms with Gasteiger partial charge in [-0.15, -0.1) is 0 Å². The highest BCUT2D eigenvalue weighted by molar-refractivity contribution is 7.80. The molecule has 0 aromatic heterocycles. The van der Waals surface area contributed by atoms with E-state index in [9.17, 15) is 0 Å². The Balaban J connectivity index is 1.79. The average molecular weight is 387 g/mol. The Morgan fingerprint density at radius 1 is 0.889 bits per heavy atom. The number of rotatable bonds is 6. The molecule has 5 nitrogen and oxygen atoms in total. The molecule has 1 aliphatic carbocycles. The highest BCUT2D eigenvalue weighted by atomic mass is 32.1. The van der Waals surface area contributed by atoms with Crippen molar-refractivity contribution in [2.45, 2.75) is 31.2 Å². The van der Waals surface area contributed by atoms with Crippen molar-refractivity contribution in [1.29, 1.82) is 0 Å². The number of thiocarbonyl (C=S) groups is 1. The maximum atomic E-state index is 5.61. The van der Waals surface area contributed by atoms with E-state index in [-0.39, 0.29) is 5.54 Å². The normalized spacial score (nSPS) is 15.1. The van der Waals surface area contributed by atoms with Gasteiger partial charge in [-0.2, -0.15) is 0 Å². The average Bonchev–Trinajstić information content (AvgIpc) is 3.17. The monoisotopic (exact) mass is 386 g/mol. The van der Waals surface area contributed by atoms with Gasteiger partial charge in [0.05, 0.1) is 26.9 Å². The summed E-state index contributed by atoms with van der Waals surface area (Å²) in [4.78, 5) is 0. The van der Waals surface area contributed by atoms with Gasteiger partial charge in [0.2, 0.25) is 0 Å². The minimum atomic E-state index is -0.198. The zero-order valence-electron chi connectivity index (χ0n) is 16.0. The van der Waals surface area contributed by atoms with Crippen LogP contribution in [0.2, 0.25) is 0 Å². The van der Waals surface area contributed by atoms with Crippen LogP contribution in [0.3, 0.4) is 0 Å². The largest absolute Gasteiger partial charge is 0.497 e. The van der Waals surface area contributed by atoms with Crippen molar-refractivity contribution in [3.8, 4) is 17.2 Å². The number of nitrogens with one attached hydrogen (secondary N) is 2. The van der Waals surface area contributed by atoms with Gasteiger partial charge < -0.3 is 24.8 Å². The molecule has 0 saturated heterocycles. The van der Waals surface area contributed by atoms with Gasteiger partial charge >= 0.3 is 0 Å². The zero-order valence-corrected chi connectivity index (χ0v) is 16.8. The lowest BCUT2D eigenvalue weighted by Crippen LogP contribution is -2.45. The van der Waals surface area contributed by atoms with Crippen molar-refractivity contribution in [2.75, 3.05) is 26.6 Å². The van der Waals surface area contributed by atoms with Crippen LogP contribution in [0, 0.1) is 0 Å². The second-order valence-corrected chi connectivity index (χ2v) is 7.07. The summed E-state index contributed by atoms with van der Waals surface area (Å²) >= 11 is 5.61. The molecule has 2 aromatic carbocycles. The molecule has 27 heavy (non-hydrogen) atoms. The van der Waals surface area contributed by atoms with Crippen molar-refractivity contribution in [2.24, 2.45) is 0 Å². The Morgan fingerprint density at radius 2 is 1.56 bits per heavy atom. The van der Waals surface area contributed by atoms with Crippen molar-refractivity contribution in [3.05, 3.63) is 48.0 Å². The predicted molar refractivity (Wildman–Crippen MR) is 112 cm³/mol. The fourth-order valence-corrected chi connectivity index (χ4v) is 3.97. The highest BCUT2D eigenvalue weighted by Gasteiger charge is 2.36. The molecule has 2 N–H and O–H groups in total. The Kier molecular flexibility index (Phi) is 6.06. The molecule has 1 aliphatic rings. The van der Waals surface area contributed by atoms with Crippen LogP contribution in [0.4, 0.5) is 5.69 Å². The third kappa shape index (κ3) is 4.27. The molecule has 6 heteroatoms. The standard InChI is InChI=1S/C21H26N2O3S/c1-24-17-9-7-16(8-10-17)22-20(27)23-21(12-4-5-13-21)15-6-11-18(25-2)19(14-15)26-3/h6-11,14H,4-5,12-13H2,1-3H3,(H2,22,23,27). The molecule has 0 amide bonds. The van der Waals surface area contributed by atoms with Gasteiger partial charge in [0.1, 0.15) is 5.75 Å². The fraction of sp³-hybridized carbons (Fsp3) is 0.381. The van der Waals surface area contributed by atoms with Crippen molar-refractivity contribution in [3.63, 3.8) is 0 Å². The van der Waals surface area contributed by atoms with Gasteiger partial charge in [0.25, 0.3) is 0 Å². The summed E-state index contributed by atoms with van der Waals surface area (Å²) < 4.78 is 16.1. The van der Waals surface area contributed by atoms with E-state index in [4.69, 9.17) is 26.4 Å². The number of anilines is 1. The molecular formula is C21H26N2O3S. The molecular weight excluding hydrogens is 360 g/mol. The van der Waals surface area contributed by atoms with Gasteiger partial charge in [-0.3, -0.25) is 0 Å². The molecule has 0 unspecified atom stereocenters. The van der Waals surface area contributed by atoms with Crippen LogP contribution >= 0.6 is 12.2 Å². The molecule has 0 bridgehead atoms. The maximum Gasteiger partial charge on any atom is 0.171 e. The zero-order chi connectivity index (χ0) is 19.3. The first-order valence-corrected chi connectivity index (χ1v) is 9.47. The first-order valence-electron chi connectivity index (χ1n) is 9.06. The van der Waals surface area contributed by atoms with Crippen LogP contribution in [0.1, 0.15) is 31.2 Å². The van der Waals surface area contributed by atoms with Crippen LogP contribution in [0.15, 0.2) is 42.5 Å². The maximum absolute atomic E-state index is 5.61. The minimum Gasteiger partial charge on any atom is -0.497 e. The van der Waals surface area contributed by atoms with E-state index in [0.29, 0.717) is 5.11 Å². The summed E-state index contributed by atoms with van der Waals surface area (Å²) in [5, 5.41) is 7.45. The molecule has 1 saturated carbocycles. The smallest absolute Gasteiger partial charge is 0.171 e. The van der Waals surface area contributed by atoms with Crippen LogP contribution in [-0.4, -0.2) is 26.4 Å². The molecule has 3 rings (SSSR count). The third-order valence-corrected chi connectivity index (χ3v) is 5.30. The summed E-state index contributed by atoms with van der Waals surface area (Å²) in [5.41, 5.74) is 1.89. The van der Waals surface area contributed by atoms with E-state index in [0.717, 1.165) is 54.2 Å². The molecule has 144 valence electrons. The Bertz CT molecular complexity index is 787. The third-order valence-electron chi connectivity index (χ3n) is 5.09. The van der Waals surface area contributed by atoms with Gasteiger partial charge in [0, 0.05) is 5.69 Å². The highest BCUT2D eigenvalue weighted by Crippen LogP contribution is 2.41. The van der Waals surface area contributed by atoms with Crippen molar-refractivity contribution in [1.82, 2.24) is 5.32 Å². The quantitative estimate of drug-likeness (QED) is 0.715. The van der Waals surface area contributed by atoms with Crippen molar-refractivity contribution < 1.29 is 14.2 Å². The van der Waals surface area contributed by atoms with Crippen molar-refractivity contribution >= 4 is 23.0 Å². The van der Waals surface area contributed by atoms with E-state index in [1.807, 2.05) is 36.4 Å². The van der Waals surface area contributed by atoms with Gasteiger partial charge in [-0.1, -0.05) is 18.9 Å². The molecule has 0 spiro atoms. The van der Waals surface area contributed by atoms with E-state index >= 15 is 0 Å². The van der Waals surface area contributed by atoms with Crippen LogP contribution in [-0.2, 0) is 5.54 Å². The summed E-state index contributed by atoms with van der Waals surface area (Å²) in [6.45, 7) is 0. The predicted octanol–water partition coefficient (Wildman–Crippen LogP) is 4.47. The molecule has 2 aromatic rings. The SMILES string of the molecule is COc1ccc(NC(=S)NC2(c3ccc(OC)c(OC)c3)CCCC2)cc1. The fourth-order valence-electron chi connectivity index (χ4n) is 3.65. The number of ether oxygens (including phenoxy) is 3. The van der Waals surface area contributed by atoms with Gasteiger partial charge in [-0.05, 0) is 67.0 Å².